The van der Waals surface area contributed by atoms with Crippen molar-refractivity contribution in [2.75, 3.05) is 36.4 Å². The van der Waals surface area contributed by atoms with Gasteiger partial charge < -0.3 is 47.5 Å². The number of carbonyl (C=O) groups excluding carboxylic acids is 1. The summed E-state index contributed by atoms with van der Waals surface area (Å²) in [4.78, 5) is 33.5. The van der Waals surface area contributed by atoms with Crippen LogP contribution in [0.3, 0.4) is 0 Å². The number of methoxy groups -OCH3 is 2. The van der Waals surface area contributed by atoms with Crippen LogP contribution in [-0.2, 0) is 9.59 Å². The third-order valence-corrected chi connectivity index (χ3v) is 10.9. The second-order valence-electron chi connectivity index (χ2n) is 13.8. The molecule has 6 rings (SSSR count). The van der Waals surface area contributed by atoms with Crippen molar-refractivity contribution in [3.8, 4) is 11.5 Å². The van der Waals surface area contributed by atoms with Gasteiger partial charge in [-0.1, -0.05) is 27.7 Å². The quantitative estimate of drug-likeness (QED) is 0.249. The van der Waals surface area contributed by atoms with E-state index in [9.17, 15) is 19.8 Å². The summed E-state index contributed by atoms with van der Waals surface area (Å²) in [5, 5.41) is 27.4. The Morgan fingerprint density at radius 3 is 1.44 bits per heavy atom. The van der Waals surface area contributed by atoms with Gasteiger partial charge in [0.1, 0.15) is 11.5 Å². The van der Waals surface area contributed by atoms with E-state index >= 15 is 0 Å². The van der Waals surface area contributed by atoms with Crippen molar-refractivity contribution in [2.45, 2.75) is 65.5 Å². The van der Waals surface area contributed by atoms with E-state index < -0.39 is 24.0 Å². The number of halogens is 2. The summed E-state index contributed by atoms with van der Waals surface area (Å²) >= 11 is 3.16. The zero-order chi connectivity index (χ0) is 34.6. The molecule has 0 aromatic heterocycles. The average molecular weight is 810 g/mol. The van der Waals surface area contributed by atoms with Gasteiger partial charge in [-0.3, -0.25) is 9.98 Å². The molecule has 2 unspecified atom stereocenters. The third-order valence-electron chi connectivity index (χ3n) is 8.40. The fraction of sp³-hybridized carbons (Fsp3) is 0.444. The van der Waals surface area contributed by atoms with Crippen LogP contribution in [-0.4, -0.2) is 66.3 Å². The second kappa shape index (κ2) is 21.1. The van der Waals surface area contributed by atoms with Gasteiger partial charge in [-0.2, -0.15) is 0 Å². The van der Waals surface area contributed by atoms with Crippen LogP contribution in [0.1, 0.15) is 53.4 Å². The van der Waals surface area contributed by atoms with Gasteiger partial charge in [0, 0.05) is 44.1 Å². The van der Waals surface area contributed by atoms with Crippen LogP contribution in [0.5, 0.6) is 11.5 Å². The van der Waals surface area contributed by atoms with Crippen LogP contribution >= 0.6 is 35.9 Å². The first kappa shape index (κ1) is 48.7. The van der Waals surface area contributed by atoms with Gasteiger partial charge in [0.25, 0.3) is 0 Å². The summed E-state index contributed by atoms with van der Waals surface area (Å²) in [6.45, 7) is 8.73. The number of nitrogens with one attached hydrogen (secondary N) is 2. The largest absolute Gasteiger partial charge is 1.00 e. The van der Waals surface area contributed by atoms with Crippen LogP contribution in [0.2, 0.25) is 0 Å². The molecular formula is C36H44Cl2N4Na2O6S2. The first-order chi connectivity index (χ1) is 22.8. The summed E-state index contributed by atoms with van der Waals surface area (Å²) < 4.78 is 10.4. The van der Waals surface area contributed by atoms with Gasteiger partial charge in [0.15, 0.2) is 6.04 Å². The minimum absolute atomic E-state index is 0. The number of rotatable bonds is 8. The normalized spacial score (nSPS) is 20.7. The average Bonchev–Trinajstić information content (AvgIpc) is 3.04. The van der Waals surface area contributed by atoms with Crippen molar-refractivity contribution in [1.82, 2.24) is 0 Å². The molecule has 0 saturated heterocycles. The van der Waals surface area contributed by atoms with Gasteiger partial charge in [-0.15, -0.1) is 35.9 Å². The van der Waals surface area contributed by atoms with Gasteiger partial charge in [-0.05, 0) is 85.0 Å². The Bertz CT molecular complexity index is 1560. The number of aliphatic carboxylic acids is 2. The Kier molecular flexibility index (Phi) is 19.8. The number of hydrogen-bond acceptors (Lipinski definition) is 11. The van der Waals surface area contributed by atoms with Gasteiger partial charge in [0.05, 0.1) is 37.7 Å². The Hall–Kier alpha value is -1.32. The molecule has 0 spiro atoms. The number of hydrogen-bond donors (Lipinski definition) is 3. The van der Waals surface area contributed by atoms with E-state index in [1.165, 1.54) is 0 Å². The maximum Gasteiger partial charge on any atom is 1.00 e. The van der Waals surface area contributed by atoms with Gasteiger partial charge in [0.2, 0.25) is 0 Å². The molecule has 2 atom stereocenters. The Labute approximate surface area is 371 Å². The van der Waals surface area contributed by atoms with Gasteiger partial charge >= 0.3 is 65.1 Å². The molecule has 3 N–H and O–H groups in total. The number of allylic oxidation sites excluding steroid dienone is 4. The standard InChI is InChI=1S/2C18H22N2O3S.2ClH.2Na/c2*1-18(2)8-13(19-11-4-6-12(23-3)7-5-11)16-14(9-18)20-15(10-24-16)17(21)22;;;;/h2*4-7,15,19H,8-10H2,1-3H3,(H,21,22);2*1H;;/q;;;;2*+1/p-2. The monoisotopic (exact) mass is 808 g/mol. The molecule has 272 valence electrons. The number of thioether (sulfide) groups is 2. The molecule has 0 radical (unpaired) electrons. The summed E-state index contributed by atoms with van der Waals surface area (Å²) in [6, 6.07) is 14.2. The molecule has 2 aliphatic carbocycles. The Morgan fingerprint density at radius 1 is 0.731 bits per heavy atom. The minimum Gasteiger partial charge on any atom is -1.00 e. The third kappa shape index (κ3) is 12.9. The number of carboxylic acid groups (broad SMARTS) is 2. The molecule has 2 aromatic carbocycles. The summed E-state index contributed by atoms with van der Waals surface area (Å²) in [7, 11) is 3.29. The molecule has 0 saturated carbocycles. The summed E-state index contributed by atoms with van der Waals surface area (Å²) in [5.74, 6) is 0.607. The van der Waals surface area contributed by atoms with Crippen molar-refractivity contribution < 1.29 is 101 Å². The fourth-order valence-electron chi connectivity index (χ4n) is 6.13. The number of ether oxygens (including phenoxy) is 2. The number of carboxylic acids is 2. The first-order valence-corrected chi connectivity index (χ1v) is 17.8. The molecule has 0 fully saturated rings. The number of carbonyl (C=O) groups is 2. The molecule has 16 heteroatoms. The second-order valence-corrected chi connectivity index (χ2v) is 15.9. The maximum absolute atomic E-state index is 11.3. The molecular weight excluding hydrogens is 765 g/mol. The molecule has 4 aliphatic rings. The number of benzene rings is 2. The number of anilines is 2. The SMILES string of the molecule is COc1ccc(NC2=C3SCC(C(=O)O)N=C3CC(C)(C)C2)cc1.COc1ccc(NC2=C3SCC(C(=O)[O-])N=C3CC(C)(C)C2)cc1.Cl.[Cl-].[Na+].[Na+]. The van der Waals surface area contributed by atoms with E-state index in [2.05, 4.69) is 48.3 Å². The van der Waals surface area contributed by atoms with E-state index in [1.807, 2.05) is 48.5 Å². The molecule has 2 aliphatic heterocycles. The molecule has 0 bridgehead atoms. The zero-order valence-electron chi connectivity index (χ0n) is 31.0. The van der Waals surface area contributed by atoms with E-state index in [-0.39, 0.29) is 94.8 Å². The summed E-state index contributed by atoms with van der Waals surface area (Å²) in [6.07, 6.45) is 3.41. The molecule has 10 nitrogen and oxygen atoms in total. The molecule has 2 heterocycles. The maximum atomic E-state index is 11.3. The predicted octanol–water partition coefficient (Wildman–Crippen LogP) is -2.34. The van der Waals surface area contributed by atoms with E-state index in [0.717, 1.165) is 81.2 Å². The van der Waals surface area contributed by atoms with E-state index in [4.69, 9.17) is 9.47 Å². The van der Waals surface area contributed by atoms with Crippen LogP contribution < -0.4 is 96.7 Å². The van der Waals surface area contributed by atoms with Crippen molar-refractivity contribution in [1.29, 1.82) is 0 Å². The topological polar surface area (TPSA) is 145 Å². The summed E-state index contributed by atoms with van der Waals surface area (Å²) in [5.41, 5.74) is 6.11. The Balaban J connectivity index is 0.000000483. The van der Waals surface area contributed by atoms with E-state index in [0.29, 0.717) is 11.5 Å². The predicted molar refractivity (Wildman–Crippen MR) is 201 cm³/mol. The van der Waals surface area contributed by atoms with Crippen LogP contribution in [0.4, 0.5) is 11.4 Å². The molecule has 2 aromatic rings. The van der Waals surface area contributed by atoms with Crippen LogP contribution in [0, 0.1) is 10.8 Å². The smallest absolute Gasteiger partial charge is 1.00 e. The van der Waals surface area contributed by atoms with Crippen molar-refractivity contribution in [2.24, 2.45) is 20.8 Å². The molecule has 0 amide bonds. The number of nitrogens with zero attached hydrogens (tertiary/aromatic N) is 2. The van der Waals surface area contributed by atoms with Crippen LogP contribution in [0.15, 0.2) is 79.7 Å². The van der Waals surface area contributed by atoms with E-state index in [1.54, 1.807) is 37.7 Å². The zero-order valence-corrected chi connectivity index (χ0v) is 38.2. The minimum atomic E-state index is -1.10. The van der Waals surface area contributed by atoms with Crippen molar-refractivity contribution >= 4 is 70.7 Å². The fourth-order valence-corrected chi connectivity index (χ4v) is 8.38. The first-order valence-electron chi connectivity index (χ1n) is 15.9. The van der Waals surface area contributed by atoms with Crippen molar-refractivity contribution in [3.05, 3.63) is 69.7 Å². The van der Waals surface area contributed by atoms with Gasteiger partial charge in [-0.25, -0.2) is 4.79 Å². The van der Waals surface area contributed by atoms with Crippen molar-refractivity contribution in [3.63, 3.8) is 0 Å². The number of aliphatic imine (C=N–C) groups is 2. The molecule has 52 heavy (non-hydrogen) atoms. The Morgan fingerprint density at radius 2 is 1.10 bits per heavy atom. The van der Waals surface area contributed by atoms with Crippen LogP contribution in [0.25, 0.3) is 0 Å². The number of fused-ring (bicyclic) bond motifs is 2.